The van der Waals surface area contributed by atoms with Crippen molar-refractivity contribution in [1.82, 2.24) is 10.2 Å². The summed E-state index contributed by atoms with van der Waals surface area (Å²) < 4.78 is 0. The molecule has 0 aromatic heterocycles. The van der Waals surface area contributed by atoms with Crippen molar-refractivity contribution in [2.24, 2.45) is 0 Å². The summed E-state index contributed by atoms with van der Waals surface area (Å²) in [5.74, 6) is 0.0437. The van der Waals surface area contributed by atoms with Crippen molar-refractivity contribution in [3.63, 3.8) is 0 Å². The topological polar surface area (TPSA) is 49.4 Å². The minimum absolute atomic E-state index is 0.0437. The number of rotatable bonds is 6. The molecule has 1 aliphatic rings. The smallest absolute Gasteiger partial charge is 0.234 e. The predicted octanol–water partition coefficient (Wildman–Crippen LogP) is 0.956. The molecule has 1 rings (SSSR count). The molecule has 0 aliphatic carbocycles. The van der Waals surface area contributed by atoms with Crippen LogP contribution in [-0.2, 0) is 9.59 Å². The standard InChI is InChI=1S/C12H22N2O2/c1-2-3-7-13-12(16)9-14-8-5-4-6-11(14)10-15/h10-11H,2-9H2,1H3,(H,13,16). The minimum atomic E-state index is -0.0503. The highest BCUT2D eigenvalue weighted by Gasteiger charge is 2.23. The molecule has 0 radical (unpaired) electrons. The number of carbonyl (C=O) groups excluding carboxylic acids is 2. The Labute approximate surface area is 97.4 Å². The normalized spacial score (nSPS) is 21.7. The molecule has 92 valence electrons. The summed E-state index contributed by atoms with van der Waals surface area (Å²) in [6.45, 7) is 4.08. The molecular formula is C12H22N2O2. The second-order valence-electron chi connectivity index (χ2n) is 4.37. The van der Waals surface area contributed by atoms with E-state index in [1.54, 1.807) is 0 Å². The summed E-state index contributed by atoms with van der Waals surface area (Å²) in [7, 11) is 0. The Hall–Kier alpha value is -0.900. The highest BCUT2D eigenvalue weighted by atomic mass is 16.2. The molecule has 1 amide bonds. The average Bonchev–Trinajstić information content (AvgIpc) is 2.30. The fourth-order valence-electron chi connectivity index (χ4n) is 2.01. The van der Waals surface area contributed by atoms with E-state index >= 15 is 0 Å². The number of nitrogens with zero attached hydrogens (tertiary/aromatic N) is 1. The van der Waals surface area contributed by atoms with E-state index in [2.05, 4.69) is 12.2 Å². The SMILES string of the molecule is CCCCNC(=O)CN1CCCCC1C=O. The number of carbonyl (C=O) groups is 2. The van der Waals surface area contributed by atoms with Crippen molar-refractivity contribution < 1.29 is 9.59 Å². The number of piperidine rings is 1. The molecule has 1 aliphatic heterocycles. The van der Waals surface area contributed by atoms with Crippen LogP contribution in [0, 0.1) is 0 Å². The van der Waals surface area contributed by atoms with Gasteiger partial charge in [-0.25, -0.2) is 0 Å². The third kappa shape index (κ3) is 4.31. The van der Waals surface area contributed by atoms with Crippen LogP contribution in [0.4, 0.5) is 0 Å². The zero-order valence-corrected chi connectivity index (χ0v) is 10.1. The van der Waals surface area contributed by atoms with Gasteiger partial charge in [0.25, 0.3) is 0 Å². The van der Waals surface area contributed by atoms with Crippen LogP contribution in [0.25, 0.3) is 0 Å². The summed E-state index contributed by atoms with van der Waals surface area (Å²) in [6.07, 6.45) is 6.15. The van der Waals surface area contributed by atoms with Gasteiger partial charge in [0.15, 0.2) is 0 Å². The number of unbranched alkanes of at least 4 members (excludes halogenated alkanes) is 1. The second-order valence-corrected chi connectivity index (χ2v) is 4.37. The van der Waals surface area contributed by atoms with Crippen LogP contribution in [0.5, 0.6) is 0 Å². The van der Waals surface area contributed by atoms with Crippen LogP contribution in [0.2, 0.25) is 0 Å². The van der Waals surface area contributed by atoms with Crippen LogP contribution in [-0.4, -0.2) is 42.8 Å². The van der Waals surface area contributed by atoms with Gasteiger partial charge in [-0.1, -0.05) is 19.8 Å². The Morgan fingerprint density at radius 3 is 3.00 bits per heavy atom. The zero-order valence-electron chi connectivity index (χ0n) is 10.1. The average molecular weight is 226 g/mol. The van der Waals surface area contributed by atoms with Gasteiger partial charge in [-0.2, -0.15) is 0 Å². The molecule has 16 heavy (non-hydrogen) atoms. The number of nitrogens with one attached hydrogen (secondary N) is 1. The molecule has 1 fully saturated rings. The first-order chi connectivity index (χ1) is 7.77. The van der Waals surface area contributed by atoms with Gasteiger partial charge < -0.3 is 10.1 Å². The minimum Gasteiger partial charge on any atom is -0.355 e. The Kier molecular flexibility index (Phi) is 6.08. The van der Waals surface area contributed by atoms with E-state index < -0.39 is 0 Å². The third-order valence-corrected chi connectivity index (χ3v) is 3.02. The Balaban J connectivity index is 2.27. The summed E-state index contributed by atoms with van der Waals surface area (Å²) in [5, 5.41) is 2.88. The fourth-order valence-corrected chi connectivity index (χ4v) is 2.01. The van der Waals surface area contributed by atoms with Crippen molar-refractivity contribution in [2.45, 2.75) is 45.1 Å². The maximum absolute atomic E-state index is 11.6. The number of hydrogen-bond donors (Lipinski definition) is 1. The van der Waals surface area contributed by atoms with E-state index in [9.17, 15) is 9.59 Å². The molecule has 0 aromatic carbocycles. The van der Waals surface area contributed by atoms with Crippen LogP contribution in [0.3, 0.4) is 0 Å². The molecule has 0 aromatic rings. The third-order valence-electron chi connectivity index (χ3n) is 3.02. The lowest BCUT2D eigenvalue weighted by atomic mass is 10.0. The first-order valence-electron chi connectivity index (χ1n) is 6.24. The fraction of sp³-hybridized carbons (Fsp3) is 0.833. The molecule has 4 nitrogen and oxygen atoms in total. The van der Waals surface area contributed by atoms with E-state index in [1.165, 1.54) is 0 Å². The second kappa shape index (κ2) is 7.39. The molecule has 0 spiro atoms. The lowest BCUT2D eigenvalue weighted by Crippen LogP contribution is -2.46. The van der Waals surface area contributed by atoms with Crippen LogP contribution >= 0.6 is 0 Å². The number of amides is 1. The maximum atomic E-state index is 11.6. The van der Waals surface area contributed by atoms with E-state index in [-0.39, 0.29) is 11.9 Å². The summed E-state index contributed by atoms with van der Waals surface area (Å²) in [4.78, 5) is 24.4. The van der Waals surface area contributed by atoms with Gasteiger partial charge in [0, 0.05) is 6.54 Å². The molecule has 1 saturated heterocycles. The number of aldehydes is 1. The summed E-state index contributed by atoms with van der Waals surface area (Å²) >= 11 is 0. The molecule has 0 saturated carbocycles. The lowest BCUT2D eigenvalue weighted by Gasteiger charge is -2.31. The first-order valence-corrected chi connectivity index (χ1v) is 6.24. The Bertz CT molecular complexity index is 231. The monoisotopic (exact) mass is 226 g/mol. The quantitative estimate of drug-likeness (QED) is 0.542. The van der Waals surface area contributed by atoms with Gasteiger partial charge in [0.05, 0.1) is 12.6 Å². The van der Waals surface area contributed by atoms with Crippen molar-refractivity contribution in [2.75, 3.05) is 19.6 Å². The van der Waals surface area contributed by atoms with Crippen LogP contribution in [0.15, 0.2) is 0 Å². The van der Waals surface area contributed by atoms with Gasteiger partial charge in [-0.3, -0.25) is 9.69 Å². The van der Waals surface area contributed by atoms with Crippen LogP contribution < -0.4 is 5.32 Å². The van der Waals surface area contributed by atoms with Gasteiger partial charge in [-0.05, 0) is 25.8 Å². The highest BCUT2D eigenvalue weighted by Crippen LogP contribution is 2.14. The molecular weight excluding hydrogens is 204 g/mol. The van der Waals surface area contributed by atoms with E-state index in [1.807, 2.05) is 4.90 Å². The molecule has 1 unspecified atom stereocenters. The van der Waals surface area contributed by atoms with Gasteiger partial charge in [-0.15, -0.1) is 0 Å². The molecule has 0 bridgehead atoms. The summed E-state index contributed by atoms with van der Waals surface area (Å²) in [5.41, 5.74) is 0. The van der Waals surface area contributed by atoms with Crippen molar-refractivity contribution in [3.8, 4) is 0 Å². The zero-order chi connectivity index (χ0) is 11.8. The predicted molar refractivity (Wildman–Crippen MR) is 63.2 cm³/mol. The van der Waals surface area contributed by atoms with Gasteiger partial charge in [0.2, 0.25) is 5.91 Å². The Morgan fingerprint density at radius 1 is 1.50 bits per heavy atom. The number of likely N-dealkylation sites (tertiary alicyclic amines) is 1. The van der Waals surface area contributed by atoms with E-state index in [0.29, 0.717) is 6.54 Å². The molecule has 1 N–H and O–H groups in total. The van der Waals surface area contributed by atoms with Gasteiger partial charge in [0.1, 0.15) is 6.29 Å². The van der Waals surface area contributed by atoms with Crippen molar-refractivity contribution in [3.05, 3.63) is 0 Å². The van der Waals surface area contributed by atoms with E-state index in [4.69, 9.17) is 0 Å². The van der Waals surface area contributed by atoms with Crippen molar-refractivity contribution >= 4 is 12.2 Å². The molecule has 4 heteroatoms. The summed E-state index contributed by atoms with van der Waals surface area (Å²) in [6, 6.07) is -0.0503. The lowest BCUT2D eigenvalue weighted by molar-refractivity contribution is -0.124. The van der Waals surface area contributed by atoms with Gasteiger partial charge >= 0.3 is 0 Å². The first kappa shape index (κ1) is 13.2. The van der Waals surface area contributed by atoms with Crippen LogP contribution in [0.1, 0.15) is 39.0 Å². The number of hydrogen-bond acceptors (Lipinski definition) is 3. The van der Waals surface area contributed by atoms with Crippen molar-refractivity contribution in [1.29, 1.82) is 0 Å². The molecule has 1 atom stereocenters. The van der Waals surface area contributed by atoms with E-state index in [0.717, 1.165) is 51.5 Å². The maximum Gasteiger partial charge on any atom is 0.234 e. The largest absolute Gasteiger partial charge is 0.355 e. The molecule has 1 heterocycles. The Morgan fingerprint density at radius 2 is 2.31 bits per heavy atom. The highest BCUT2D eigenvalue weighted by molar-refractivity contribution is 5.78.